The average molecular weight is 293 g/mol. The number of carbonyl (C=O) groups is 2. The van der Waals surface area contributed by atoms with Gasteiger partial charge in [0.2, 0.25) is 5.91 Å². The van der Waals surface area contributed by atoms with Gasteiger partial charge >= 0.3 is 5.97 Å². The Bertz CT molecular complexity index is 465. The van der Waals surface area contributed by atoms with Crippen LogP contribution in [-0.4, -0.2) is 40.6 Å². The third-order valence-electron chi connectivity index (χ3n) is 3.00. The summed E-state index contributed by atoms with van der Waals surface area (Å²) in [5, 5.41) is 8.77. The maximum absolute atomic E-state index is 12.2. The lowest BCUT2D eigenvalue weighted by Gasteiger charge is -2.35. The Hall–Kier alpha value is -1.88. The highest BCUT2D eigenvalue weighted by Gasteiger charge is 2.26. The molecule has 1 N–H and O–H groups in total. The lowest BCUT2D eigenvalue weighted by molar-refractivity contribution is -0.143. The molecule has 0 fully saturated rings. The molecule has 0 radical (unpaired) electrons. The molecule has 0 spiro atoms. The van der Waals surface area contributed by atoms with E-state index < -0.39 is 11.5 Å². The van der Waals surface area contributed by atoms with Crippen molar-refractivity contribution < 1.29 is 19.4 Å². The van der Waals surface area contributed by atoms with Gasteiger partial charge in [-0.1, -0.05) is 30.3 Å². The molecular weight excluding hydrogens is 270 g/mol. The van der Waals surface area contributed by atoms with Crippen LogP contribution in [0.25, 0.3) is 0 Å². The van der Waals surface area contributed by atoms with Crippen LogP contribution in [0.15, 0.2) is 30.3 Å². The van der Waals surface area contributed by atoms with E-state index in [1.165, 1.54) is 0 Å². The lowest BCUT2D eigenvalue weighted by Crippen LogP contribution is -2.48. The summed E-state index contributed by atoms with van der Waals surface area (Å²) in [5.74, 6) is -1.11. The van der Waals surface area contributed by atoms with E-state index in [1.54, 1.807) is 4.90 Å². The number of hydrogen-bond donors (Lipinski definition) is 1. The standard InChI is InChI=1S/C16H23NO4/c1-16(2,3)17(10-9-15(19)20)14(18)12-21-11-13-7-5-4-6-8-13/h4-8H,9-12H2,1-3H3,(H,19,20). The second-order valence-corrected chi connectivity index (χ2v) is 5.84. The van der Waals surface area contributed by atoms with Crippen LogP contribution in [0.5, 0.6) is 0 Å². The predicted molar refractivity (Wildman–Crippen MR) is 79.8 cm³/mol. The molecule has 21 heavy (non-hydrogen) atoms. The van der Waals surface area contributed by atoms with Crippen LogP contribution >= 0.6 is 0 Å². The van der Waals surface area contributed by atoms with Gasteiger partial charge in [0.25, 0.3) is 0 Å². The zero-order chi connectivity index (χ0) is 15.9. The molecule has 1 amide bonds. The van der Waals surface area contributed by atoms with Crippen molar-refractivity contribution in [3.8, 4) is 0 Å². The van der Waals surface area contributed by atoms with E-state index in [0.29, 0.717) is 6.61 Å². The summed E-state index contributed by atoms with van der Waals surface area (Å²) < 4.78 is 5.43. The van der Waals surface area contributed by atoms with Gasteiger partial charge in [0.05, 0.1) is 13.0 Å². The van der Waals surface area contributed by atoms with Crippen LogP contribution in [0, 0.1) is 0 Å². The van der Waals surface area contributed by atoms with Gasteiger partial charge in [-0.3, -0.25) is 9.59 Å². The van der Waals surface area contributed by atoms with Gasteiger partial charge < -0.3 is 14.7 Å². The predicted octanol–water partition coefficient (Wildman–Crippen LogP) is 2.30. The Kier molecular flexibility index (Phi) is 6.37. The number of carbonyl (C=O) groups excluding carboxylic acids is 1. The first-order valence-corrected chi connectivity index (χ1v) is 6.94. The molecule has 1 aromatic carbocycles. The number of carboxylic acid groups (broad SMARTS) is 1. The third-order valence-corrected chi connectivity index (χ3v) is 3.00. The summed E-state index contributed by atoms with van der Waals surface area (Å²) in [4.78, 5) is 24.4. The van der Waals surface area contributed by atoms with E-state index in [-0.39, 0.29) is 25.5 Å². The maximum atomic E-state index is 12.2. The minimum atomic E-state index is -0.915. The molecule has 0 heterocycles. The largest absolute Gasteiger partial charge is 0.481 e. The molecule has 1 aromatic rings. The fourth-order valence-electron chi connectivity index (χ4n) is 1.95. The van der Waals surface area contributed by atoms with Gasteiger partial charge in [-0.2, -0.15) is 0 Å². The van der Waals surface area contributed by atoms with Crippen molar-refractivity contribution in [3.63, 3.8) is 0 Å². The zero-order valence-electron chi connectivity index (χ0n) is 12.8. The Morgan fingerprint density at radius 3 is 2.33 bits per heavy atom. The molecule has 0 saturated carbocycles. The molecule has 0 bridgehead atoms. The summed E-state index contributed by atoms with van der Waals surface area (Å²) in [6.07, 6.45) is -0.0678. The van der Waals surface area contributed by atoms with Crippen LogP contribution < -0.4 is 0 Å². The Balaban J connectivity index is 2.50. The van der Waals surface area contributed by atoms with Crippen molar-refractivity contribution in [2.24, 2.45) is 0 Å². The summed E-state index contributed by atoms with van der Waals surface area (Å²) in [5.41, 5.74) is 0.570. The zero-order valence-corrected chi connectivity index (χ0v) is 12.8. The quantitative estimate of drug-likeness (QED) is 0.837. The second-order valence-electron chi connectivity index (χ2n) is 5.84. The van der Waals surface area contributed by atoms with Gasteiger partial charge in [-0.15, -0.1) is 0 Å². The summed E-state index contributed by atoms with van der Waals surface area (Å²) in [6.45, 7) is 6.14. The molecule has 1 rings (SSSR count). The van der Waals surface area contributed by atoms with E-state index >= 15 is 0 Å². The van der Waals surface area contributed by atoms with Crippen molar-refractivity contribution in [2.75, 3.05) is 13.2 Å². The number of amides is 1. The number of hydrogen-bond acceptors (Lipinski definition) is 3. The number of aliphatic carboxylic acids is 1. The number of rotatable bonds is 7. The Labute approximate surface area is 125 Å². The molecule has 0 unspecified atom stereocenters. The topological polar surface area (TPSA) is 66.8 Å². The SMILES string of the molecule is CC(C)(C)N(CCC(=O)O)C(=O)COCc1ccccc1. The average Bonchev–Trinajstić information content (AvgIpc) is 2.38. The minimum absolute atomic E-state index is 0.0498. The number of carboxylic acids is 1. The van der Waals surface area contributed by atoms with E-state index in [0.717, 1.165) is 5.56 Å². The number of nitrogens with zero attached hydrogens (tertiary/aromatic N) is 1. The van der Waals surface area contributed by atoms with Crippen LogP contribution in [0.4, 0.5) is 0 Å². The van der Waals surface area contributed by atoms with E-state index in [4.69, 9.17) is 9.84 Å². The summed E-state index contributed by atoms with van der Waals surface area (Å²) in [6, 6.07) is 9.60. The Morgan fingerprint density at radius 1 is 1.19 bits per heavy atom. The highest BCUT2D eigenvalue weighted by Crippen LogP contribution is 2.14. The highest BCUT2D eigenvalue weighted by molar-refractivity contribution is 5.79. The second kappa shape index (κ2) is 7.78. The van der Waals surface area contributed by atoms with Crippen molar-refractivity contribution in [1.82, 2.24) is 4.90 Å². The van der Waals surface area contributed by atoms with Gasteiger partial charge in [0, 0.05) is 12.1 Å². The fraction of sp³-hybridized carbons (Fsp3) is 0.500. The van der Waals surface area contributed by atoms with E-state index in [2.05, 4.69) is 0 Å². The molecule has 5 nitrogen and oxygen atoms in total. The van der Waals surface area contributed by atoms with Crippen molar-refractivity contribution >= 4 is 11.9 Å². The first kappa shape index (κ1) is 17.2. The van der Waals surface area contributed by atoms with Crippen LogP contribution in [0.1, 0.15) is 32.8 Å². The molecule has 0 saturated heterocycles. The molecule has 0 atom stereocenters. The normalized spacial score (nSPS) is 11.2. The third kappa shape index (κ3) is 6.40. The van der Waals surface area contributed by atoms with Crippen LogP contribution in [0.3, 0.4) is 0 Å². The van der Waals surface area contributed by atoms with Crippen molar-refractivity contribution in [2.45, 2.75) is 39.3 Å². The van der Waals surface area contributed by atoms with Crippen LogP contribution in [0.2, 0.25) is 0 Å². The minimum Gasteiger partial charge on any atom is -0.481 e. The van der Waals surface area contributed by atoms with Crippen molar-refractivity contribution in [1.29, 1.82) is 0 Å². The maximum Gasteiger partial charge on any atom is 0.305 e. The van der Waals surface area contributed by atoms with Gasteiger partial charge in [0.1, 0.15) is 6.61 Å². The van der Waals surface area contributed by atoms with Gasteiger partial charge in [-0.25, -0.2) is 0 Å². The Morgan fingerprint density at radius 2 is 1.81 bits per heavy atom. The molecule has 0 aromatic heterocycles. The molecule has 0 aliphatic carbocycles. The molecular formula is C16H23NO4. The first-order chi connectivity index (χ1) is 9.80. The van der Waals surface area contributed by atoms with Gasteiger partial charge in [-0.05, 0) is 26.3 Å². The first-order valence-electron chi connectivity index (χ1n) is 6.94. The number of ether oxygens (including phenoxy) is 1. The molecule has 116 valence electrons. The lowest BCUT2D eigenvalue weighted by atomic mass is 10.1. The smallest absolute Gasteiger partial charge is 0.305 e. The highest BCUT2D eigenvalue weighted by atomic mass is 16.5. The van der Waals surface area contributed by atoms with Crippen LogP contribution in [-0.2, 0) is 20.9 Å². The fourth-order valence-corrected chi connectivity index (χ4v) is 1.95. The summed E-state index contributed by atoms with van der Waals surface area (Å²) >= 11 is 0. The number of benzene rings is 1. The summed E-state index contributed by atoms with van der Waals surface area (Å²) in [7, 11) is 0. The van der Waals surface area contributed by atoms with Crippen molar-refractivity contribution in [3.05, 3.63) is 35.9 Å². The molecule has 0 aliphatic heterocycles. The molecule has 0 aliphatic rings. The monoisotopic (exact) mass is 293 g/mol. The van der Waals surface area contributed by atoms with E-state index in [9.17, 15) is 9.59 Å². The van der Waals surface area contributed by atoms with E-state index in [1.807, 2.05) is 51.1 Å². The van der Waals surface area contributed by atoms with Gasteiger partial charge in [0.15, 0.2) is 0 Å². The molecule has 5 heteroatoms.